The van der Waals surface area contributed by atoms with E-state index in [1.54, 1.807) is 0 Å². The number of aryl methyl sites for hydroxylation is 1. The zero-order valence-corrected chi connectivity index (χ0v) is 17.8. The number of likely N-dealkylation sites (N-methyl/N-ethyl adjacent to an activating group) is 1. The highest BCUT2D eigenvalue weighted by molar-refractivity contribution is 5.28. The van der Waals surface area contributed by atoms with E-state index in [1.165, 1.54) is 0 Å². The maximum atomic E-state index is 10.4. The predicted octanol–water partition coefficient (Wildman–Crippen LogP) is 1.39. The van der Waals surface area contributed by atoms with Crippen LogP contribution in [0.2, 0.25) is 0 Å². The summed E-state index contributed by atoms with van der Waals surface area (Å²) in [4.78, 5) is 6.89. The molecule has 0 saturated carbocycles. The fourth-order valence-electron chi connectivity index (χ4n) is 3.58. The molecule has 3 rings (SSSR count). The Morgan fingerprint density at radius 1 is 1.17 bits per heavy atom. The van der Waals surface area contributed by atoms with Crippen LogP contribution in [0.3, 0.4) is 0 Å². The summed E-state index contributed by atoms with van der Waals surface area (Å²) in [7, 11) is 2.03. The molecule has 1 aliphatic heterocycles. The predicted molar refractivity (Wildman–Crippen MR) is 111 cm³/mol. The van der Waals surface area contributed by atoms with Crippen LogP contribution < -0.4 is 4.74 Å². The molecule has 8 nitrogen and oxygen atoms in total. The first-order valence-corrected chi connectivity index (χ1v) is 10.3. The van der Waals surface area contributed by atoms with Gasteiger partial charge in [-0.05, 0) is 38.2 Å². The van der Waals surface area contributed by atoms with Crippen molar-refractivity contribution < 1.29 is 14.5 Å². The molecule has 1 aromatic heterocycles. The summed E-state index contributed by atoms with van der Waals surface area (Å²) in [6.45, 7) is 11.7. The summed E-state index contributed by atoms with van der Waals surface area (Å²) in [5.74, 6) is 0.782. The third-order valence-corrected chi connectivity index (χ3v) is 5.34. The van der Waals surface area contributed by atoms with Crippen molar-refractivity contribution in [2.75, 3.05) is 52.9 Å². The van der Waals surface area contributed by atoms with Gasteiger partial charge < -0.3 is 14.7 Å². The first-order valence-electron chi connectivity index (χ1n) is 10.3. The molecule has 2 aromatic rings. The van der Waals surface area contributed by atoms with Crippen LogP contribution in [0.1, 0.15) is 23.9 Å². The molecule has 1 N–H and O–H groups in total. The third-order valence-electron chi connectivity index (χ3n) is 5.34. The summed E-state index contributed by atoms with van der Waals surface area (Å²) >= 11 is 0. The second kappa shape index (κ2) is 10.7. The molecule has 1 fully saturated rings. The Morgan fingerprint density at radius 2 is 1.93 bits per heavy atom. The molecule has 0 aliphatic carbocycles. The van der Waals surface area contributed by atoms with E-state index in [0.717, 1.165) is 62.0 Å². The highest BCUT2D eigenvalue weighted by Crippen LogP contribution is 2.16. The molecule has 0 bridgehead atoms. The Hall–Kier alpha value is -2.00. The molecule has 0 amide bonds. The Balaban J connectivity index is 1.42. The Bertz CT molecular complexity index is 745. The standard InChI is InChI=1S/C21H33N5O3/c1-4-25-8-10-26(11-9-25)14-19(27)16-28-20-7-5-6-18(12-20)13-24(3)15-21-17(2)22-29-23-21/h5-7,12,19,27H,4,8-11,13-16H2,1-3H3/t19-/m1/s1. The number of hydrogen-bond donors (Lipinski definition) is 1. The molecule has 0 unspecified atom stereocenters. The van der Waals surface area contributed by atoms with E-state index < -0.39 is 6.10 Å². The van der Waals surface area contributed by atoms with Gasteiger partial charge in [0.25, 0.3) is 0 Å². The van der Waals surface area contributed by atoms with Crippen molar-refractivity contribution in [3.8, 4) is 5.75 Å². The zero-order chi connectivity index (χ0) is 20.6. The van der Waals surface area contributed by atoms with Crippen LogP contribution in [0.5, 0.6) is 5.75 Å². The molecule has 1 aromatic carbocycles. The minimum absolute atomic E-state index is 0.303. The minimum Gasteiger partial charge on any atom is -0.491 e. The molecule has 160 valence electrons. The molecule has 0 spiro atoms. The molecule has 8 heteroatoms. The number of piperazine rings is 1. The average Bonchev–Trinajstić information content (AvgIpc) is 3.11. The number of aliphatic hydroxyl groups is 1. The smallest absolute Gasteiger partial charge is 0.122 e. The van der Waals surface area contributed by atoms with Gasteiger partial charge in [0.05, 0.1) is 0 Å². The van der Waals surface area contributed by atoms with E-state index in [2.05, 4.69) is 38.0 Å². The van der Waals surface area contributed by atoms with Crippen LogP contribution in [-0.2, 0) is 13.1 Å². The Morgan fingerprint density at radius 3 is 2.62 bits per heavy atom. The first-order chi connectivity index (χ1) is 14.0. The van der Waals surface area contributed by atoms with Crippen LogP contribution in [0, 0.1) is 6.92 Å². The molecule has 1 saturated heterocycles. The van der Waals surface area contributed by atoms with E-state index in [4.69, 9.17) is 9.37 Å². The number of aromatic nitrogens is 2. The largest absolute Gasteiger partial charge is 0.491 e. The quantitative estimate of drug-likeness (QED) is 0.638. The lowest BCUT2D eigenvalue weighted by molar-refractivity contribution is 0.0470. The van der Waals surface area contributed by atoms with Gasteiger partial charge in [-0.15, -0.1) is 0 Å². The van der Waals surface area contributed by atoms with Gasteiger partial charge in [-0.2, -0.15) is 0 Å². The summed E-state index contributed by atoms with van der Waals surface area (Å²) in [6, 6.07) is 8.01. The second-order valence-corrected chi connectivity index (χ2v) is 7.82. The summed E-state index contributed by atoms with van der Waals surface area (Å²) in [5, 5.41) is 18.1. The Kier molecular flexibility index (Phi) is 8.00. The van der Waals surface area contributed by atoms with Gasteiger partial charge in [-0.1, -0.05) is 29.4 Å². The molecular weight excluding hydrogens is 370 g/mol. The van der Waals surface area contributed by atoms with Crippen molar-refractivity contribution >= 4 is 0 Å². The van der Waals surface area contributed by atoms with Crippen LogP contribution in [0.25, 0.3) is 0 Å². The number of benzene rings is 1. The fourth-order valence-corrected chi connectivity index (χ4v) is 3.58. The summed E-state index contributed by atoms with van der Waals surface area (Å²) < 4.78 is 10.6. The lowest BCUT2D eigenvalue weighted by Gasteiger charge is -2.34. The summed E-state index contributed by atoms with van der Waals surface area (Å²) in [6.07, 6.45) is -0.489. The van der Waals surface area contributed by atoms with Crippen molar-refractivity contribution in [1.82, 2.24) is 25.0 Å². The topological polar surface area (TPSA) is 78.1 Å². The van der Waals surface area contributed by atoms with Gasteiger partial charge in [0.15, 0.2) is 0 Å². The maximum absolute atomic E-state index is 10.4. The van der Waals surface area contributed by atoms with Gasteiger partial charge in [0, 0.05) is 45.8 Å². The summed E-state index contributed by atoms with van der Waals surface area (Å²) in [5.41, 5.74) is 2.81. The third kappa shape index (κ3) is 6.78. The van der Waals surface area contributed by atoms with Gasteiger partial charge in [0.1, 0.15) is 29.8 Å². The van der Waals surface area contributed by atoms with E-state index >= 15 is 0 Å². The fraction of sp³-hybridized carbons (Fsp3) is 0.619. The Labute approximate surface area is 173 Å². The molecular formula is C21H33N5O3. The maximum Gasteiger partial charge on any atom is 0.122 e. The van der Waals surface area contributed by atoms with Gasteiger partial charge >= 0.3 is 0 Å². The van der Waals surface area contributed by atoms with Crippen molar-refractivity contribution in [1.29, 1.82) is 0 Å². The van der Waals surface area contributed by atoms with E-state index in [1.807, 2.05) is 32.2 Å². The van der Waals surface area contributed by atoms with Crippen molar-refractivity contribution in [3.05, 3.63) is 41.2 Å². The second-order valence-electron chi connectivity index (χ2n) is 7.82. The lowest BCUT2D eigenvalue weighted by Crippen LogP contribution is -2.49. The van der Waals surface area contributed by atoms with Crippen LogP contribution in [0.15, 0.2) is 28.9 Å². The molecule has 29 heavy (non-hydrogen) atoms. The van der Waals surface area contributed by atoms with E-state index in [9.17, 15) is 5.11 Å². The molecule has 1 atom stereocenters. The number of aliphatic hydroxyl groups excluding tert-OH is 1. The van der Waals surface area contributed by atoms with E-state index in [-0.39, 0.29) is 0 Å². The van der Waals surface area contributed by atoms with Crippen LogP contribution in [0.4, 0.5) is 0 Å². The van der Waals surface area contributed by atoms with Crippen molar-refractivity contribution in [2.45, 2.75) is 33.0 Å². The molecule has 1 aliphatic rings. The van der Waals surface area contributed by atoms with Crippen LogP contribution >= 0.6 is 0 Å². The van der Waals surface area contributed by atoms with Gasteiger partial charge in [0.2, 0.25) is 0 Å². The highest BCUT2D eigenvalue weighted by Gasteiger charge is 2.18. The zero-order valence-electron chi connectivity index (χ0n) is 17.8. The average molecular weight is 404 g/mol. The van der Waals surface area contributed by atoms with Crippen LogP contribution in [-0.4, -0.2) is 89.1 Å². The number of ether oxygens (including phenoxy) is 1. The number of β-amino-alcohol motifs (C(OH)–C–C–N with tert-alkyl or cyclic N) is 1. The molecule has 0 radical (unpaired) electrons. The number of nitrogens with zero attached hydrogens (tertiary/aromatic N) is 5. The van der Waals surface area contributed by atoms with Crippen molar-refractivity contribution in [2.24, 2.45) is 0 Å². The normalized spacial score (nSPS) is 17.0. The minimum atomic E-state index is -0.489. The first kappa shape index (κ1) is 21.7. The molecule has 2 heterocycles. The monoisotopic (exact) mass is 403 g/mol. The number of rotatable bonds is 10. The SMILES string of the molecule is CCN1CCN(C[C@@H](O)COc2cccc(CN(C)Cc3nonc3C)c2)CC1. The van der Waals surface area contributed by atoms with Gasteiger partial charge in [-0.25, -0.2) is 4.63 Å². The lowest BCUT2D eigenvalue weighted by atomic mass is 10.2. The van der Waals surface area contributed by atoms with Crippen molar-refractivity contribution in [3.63, 3.8) is 0 Å². The van der Waals surface area contributed by atoms with E-state index in [0.29, 0.717) is 19.7 Å². The van der Waals surface area contributed by atoms with Gasteiger partial charge in [-0.3, -0.25) is 9.80 Å². The number of hydrogen-bond acceptors (Lipinski definition) is 8. The highest BCUT2D eigenvalue weighted by atomic mass is 16.6.